The van der Waals surface area contributed by atoms with E-state index in [1.807, 2.05) is 32.0 Å². The molecule has 1 atom stereocenters. The Morgan fingerprint density at radius 1 is 1.33 bits per heavy atom. The molecule has 172 valence electrons. The molecule has 0 bridgehead atoms. The number of fused-ring (bicyclic) bond motifs is 4. The number of hydrogen-bond donors (Lipinski definition) is 3. The van der Waals surface area contributed by atoms with Crippen molar-refractivity contribution in [3.05, 3.63) is 44.6 Å². The number of carbonyl (C=O) groups is 1. The fourth-order valence-corrected chi connectivity index (χ4v) is 6.58. The van der Waals surface area contributed by atoms with Crippen LogP contribution < -0.4 is 10.2 Å². The van der Waals surface area contributed by atoms with Crippen LogP contribution in [0.3, 0.4) is 0 Å². The highest BCUT2D eigenvalue weighted by atomic mass is 32.1. The molecule has 1 aliphatic carbocycles. The van der Waals surface area contributed by atoms with E-state index in [0.29, 0.717) is 13.0 Å². The first-order valence-electron chi connectivity index (χ1n) is 11.0. The highest BCUT2D eigenvalue weighted by molar-refractivity contribution is 7.19. The number of nitrogens with one attached hydrogen (secondary N) is 2. The van der Waals surface area contributed by atoms with Crippen molar-refractivity contribution in [3.63, 3.8) is 0 Å². The van der Waals surface area contributed by atoms with Gasteiger partial charge in [0, 0.05) is 29.1 Å². The minimum absolute atomic E-state index is 0.0270. The quantitative estimate of drug-likeness (QED) is 0.386. The normalized spacial score (nSPS) is 15.8. The number of nitrogens with zero attached hydrogens (tertiary/aromatic N) is 3. The minimum atomic E-state index is -0.0809. The van der Waals surface area contributed by atoms with Gasteiger partial charge in [0.2, 0.25) is 5.91 Å². The molecule has 0 aliphatic heterocycles. The van der Waals surface area contributed by atoms with Crippen LogP contribution in [0.15, 0.2) is 29.3 Å². The molecule has 0 spiro atoms. The summed E-state index contributed by atoms with van der Waals surface area (Å²) < 4.78 is 0.890. The number of aromatic nitrogens is 3. The van der Waals surface area contributed by atoms with E-state index in [2.05, 4.69) is 20.3 Å². The van der Waals surface area contributed by atoms with E-state index in [4.69, 9.17) is 0 Å². The maximum Gasteiger partial charge on any atom is 0.305 e. The molecule has 3 aromatic heterocycles. The van der Waals surface area contributed by atoms with Crippen molar-refractivity contribution in [2.75, 3.05) is 18.5 Å². The van der Waals surface area contributed by atoms with Crippen molar-refractivity contribution in [1.82, 2.24) is 19.9 Å². The van der Waals surface area contributed by atoms with Gasteiger partial charge in [0.25, 0.3) is 0 Å². The van der Waals surface area contributed by atoms with Crippen molar-refractivity contribution in [1.29, 1.82) is 0 Å². The van der Waals surface area contributed by atoms with Gasteiger partial charge < -0.3 is 20.3 Å². The molecule has 3 heterocycles. The Balaban J connectivity index is 1.44. The van der Waals surface area contributed by atoms with Gasteiger partial charge in [-0.3, -0.25) is 9.59 Å². The fourth-order valence-electron chi connectivity index (χ4n) is 4.54. The summed E-state index contributed by atoms with van der Waals surface area (Å²) in [4.78, 5) is 40.4. The number of anilines is 2. The van der Waals surface area contributed by atoms with Crippen LogP contribution in [0.4, 0.5) is 11.5 Å². The van der Waals surface area contributed by atoms with Crippen molar-refractivity contribution in [2.45, 2.75) is 39.2 Å². The molecule has 0 radical (unpaired) electrons. The Bertz CT molecular complexity index is 1390. The van der Waals surface area contributed by atoms with E-state index in [1.165, 1.54) is 21.8 Å². The third kappa shape index (κ3) is 4.14. The molecular weight excluding hydrogens is 458 g/mol. The molecule has 0 fully saturated rings. The van der Waals surface area contributed by atoms with Crippen molar-refractivity contribution >= 4 is 60.5 Å². The van der Waals surface area contributed by atoms with Crippen LogP contribution >= 0.6 is 22.7 Å². The number of aromatic amines is 1. The molecule has 8 nitrogen and oxygen atoms in total. The van der Waals surface area contributed by atoms with Gasteiger partial charge >= 0.3 is 4.87 Å². The van der Waals surface area contributed by atoms with E-state index in [9.17, 15) is 14.7 Å². The molecule has 4 aromatic rings. The second-order valence-electron chi connectivity index (χ2n) is 8.55. The highest BCUT2D eigenvalue weighted by Gasteiger charge is 2.32. The number of thiazole rings is 1. The number of hydrogen-bond acceptors (Lipinski definition) is 8. The summed E-state index contributed by atoms with van der Waals surface area (Å²) in [5, 5.41) is 13.8. The average molecular weight is 484 g/mol. The zero-order valence-electron chi connectivity index (χ0n) is 18.4. The number of aliphatic hydroxyl groups excluding tert-OH is 1. The Kier molecular flexibility index (Phi) is 5.90. The summed E-state index contributed by atoms with van der Waals surface area (Å²) in [6, 6.07) is 5.82. The molecule has 33 heavy (non-hydrogen) atoms. The molecule has 1 aromatic carbocycles. The van der Waals surface area contributed by atoms with Gasteiger partial charge in [0.15, 0.2) is 0 Å². The number of H-pyrrole nitrogens is 1. The smallest absolute Gasteiger partial charge is 0.305 e. The largest absolute Gasteiger partial charge is 0.395 e. The highest BCUT2D eigenvalue weighted by Crippen LogP contribution is 2.41. The molecule has 1 aliphatic rings. The lowest BCUT2D eigenvalue weighted by Gasteiger charge is -2.31. The molecule has 1 unspecified atom stereocenters. The van der Waals surface area contributed by atoms with Crippen LogP contribution in [0, 0.1) is 5.92 Å². The van der Waals surface area contributed by atoms with Gasteiger partial charge in [-0.05, 0) is 56.9 Å². The SMILES string of the molecule is CC(C)N(CCO)C(=O)C1CCc2c(sc3ncnc(Nc4ccc5[nH]c(=O)sc5c4)c23)C1. The maximum atomic E-state index is 13.1. The average Bonchev–Trinajstić information content (AvgIpc) is 3.35. The van der Waals surface area contributed by atoms with Gasteiger partial charge in [-0.1, -0.05) is 11.3 Å². The zero-order valence-corrected chi connectivity index (χ0v) is 20.1. The minimum Gasteiger partial charge on any atom is -0.395 e. The maximum absolute atomic E-state index is 13.1. The van der Waals surface area contributed by atoms with Gasteiger partial charge in [0.1, 0.15) is 17.0 Å². The predicted molar refractivity (Wildman–Crippen MR) is 133 cm³/mol. The third-order valence-corrected chi connectivity index (χ3v) is 8.13. The summed E-state index contributed by atoms with van der Waals surface area (Å²) >= 11 is 2.81. The molecule has 3 N–H and O–H groups in total. The Morgan fingerprint density at radius 2 is 2.18 bits per heavy atom. The van der Waals surface area contributed by atoms with Crippen molar-refractivity contribution in [3.8, 4) is 0 Å². The van der Waals surface area contributed by atoms with E-state index in [-0.39, 0.29) is 29.3 Å². The molecule has 0 saturated carbocycles. The van der Waals surface area contributed by atoms with Crippen LogP contribution in [0.25, 0.3) is 20.4 Å². The Hall–Kier alpha value is -2.82. The lowest BCUT2D eigenvalue weighted by atomic mass is 9.86. The Morgan fingerprint density at radius 3 is 2.97 bits per heavy atom. The Labute approximate surface area is 198 Å². The third-order valence-electron chi connectivity index (χ3n) is 6.13. The van der Waals surface area contributed by atoms with E-state index < -0.39 is 0 Å². The van der Waals surface area contributed by atoms with Gasteiger partial charge in [-0.2, -0.15) is 0 Å². The number of thiophene rings is 1. The van der Waals surface area contributed by atoms with Gasteiger partial charge in [0.05, 0.1) is 22.2 Å². The predicted octanol–water partition coefficient (Wildman–Crippen LogP) is 3.67. The number of amides is 1. The zero-order chi connectivity index (χ0) is 23.1. The molecule has 0 saturated heterocycles. The van der Waals surface area contributed by atoms with E-state index >= 15 is 0 Å². The molecule has 10 heteroatoms. The number of carbonyl (C=O) groups excluding carboxylic acids is 1. The monoisotopic (exact) mass is 483 g/mol. The van der Waals surface area contributed by atoms with E-state index in [0.717, 1.165) is 44.8 Å². The van der Waals surface area contributed by atoms with E-state index in [1.54, 1.807) is 22.6 Å². The fraction of sp³-hybridized carbons (Fsp3) is 0.391. The summed E-state index contributed by atoms with van der Waals surface area (Å²) in [7, 11) is 0. The van der Waals surface area contributed by atoms with Gasteiger partial charge in [-0.25, -0.2) is 9.97 Å². The lowest BCUT2D eigenvalue weighted by molar-refractivity contribution is -0.138. The van der Waals surface area contributed by atoms with Gasteiger partial charge in [-0.15, -0.1) is 11.3 Å². The van der Waals surface area contributed by atoms with Crippen molar-refractivity contribution < 1.29 is 9.90 Å². The topological polar surface area (TPSA) is 111 Å². The number of benzene rings is 1. The second kappa shape index (κ2) is 8.85. The summed E-state index contributed by atoms with van der Waals surface area (Å²) in [6.07, 6.45) is 3.80. The first-order valence-corrected chi connectivity index (χ1v) is 12.6. The van der Waals surface area contributed by atoms with Crippen LogP contribution in [0.2, 0.25) is 0 Å². The van der Waals surface area contributed by atoms with Crippen LogP contribution in [-0.4, -0.2) is 50.1 Å². The number of rotatable bonds is 6. The first-order chi connectivity index (χ1) is 15.9. The van der Waals surface area contributed by atoms with Crippen LogP contribution in [-0.2, 0) is 17.6 Å². The summed E-state index contributed by atoms with van der Waals surface area (Å²) in [5.41, 5.74) is 2.90. The summed E-state index contributed by atoms with van der Waals surface area (Å²) in [6.45, 7) is 4.31. The first kappa shape index (κ1) is 22.0. The second-order valence-corrected chi connectivity index (χ2v) is 10.6. The van der Waals surface area contributed by atoms with Crippen LogP contribution in [0.5, 0.6) is 0 Å². The molecule has 1 amide bonds. The lowest BCUT2D eigenvalue weighted by Crippen LogP contribution is -2.43. The number of aryl methyl sites for hydroxylation is 1. The van der Waals surface area contributed by atoms with Crippen molar-refractivity contribution in [2.24, 2.45) is 5.92 Å². The number of aliphatic hydroxyl groups is 1. The van der Waals surface area contributed by atoms with Crippen LogP contribution in [0.1, 0.15) is 30.7 Å². The standard InChI is InChI=1S/C23H25N5O3S2/c1-12(2)28(7-8-29)22(30)13-3-5-15-17(9-13)32-21-19(15)20(24-11-25-21)26-14-4-6-16-18(10-14)33-23(31)27-16/h4,6,10-13,29H,3,5,7-9H2,1-2H3,(H,27,31)(H,24,25,26). The molecular formula is C23H25N5O3S2. The molecule has 5 rings (SSSR count). The summed E-state index contributed by atoms with van der Waals surface area (Å²) in [5.74, 6) is 0.779.